The van der Waals surface area contributed by atoms with E-state index >= 15 is 0 Å². The Labute approximate surface area is 259 Å². The van der Waals surface area contributed by atoms with E-state index in [0.29, 0.717) is 67.1 Å². The number of fused-ring (bicyclic) bond motifs is 1. The number of hydrogen-bond donors (Lipinski definition) is 1. The molecular weight excluding hydrogens is 588 g/mol. The van der Waals surface area contributed by atoms with Crippen molar-refractivity contribution in [1.29, 1.82) is 0 Å². The number of aromatic nitrogens is 2. The predicted molar refractivity (Wildman–Crippen MR) is 160 cm³/mol. The van der Waals surface area contributed by atoms with Crippen LogP contribution in [0.25, 0.3) is 0 Å². The van der Waals surface area contributed by atoms with E-state index < -0.39 is 34.6 Å². The second kappa shape index (κ2) is 12.9. The van der Waals surface area contributed by atoms with E-state index in [1.165, 1.54) is 46.5 Å². The maximum absolute atomic E-state index is 13.9. The summed E-state index contributed by atoms with van der Waals surface area (Å²) in [6, 6.07) is 9.48. The van der Waals surface area contributed by atoms with Gasteiger partial charge in [-0.3, -0.25) is 24.5 Å². The molecule has 0 radical (unpaired) electrons. The number of unbranched alkanes of at least 4 members (excludes halogenated alkanes) is 2. The number of hydrogen-bond acceptors (Lipinski definition) is 6. The standard InChI is InChI=1S/C33H36F4N6O2/c1-21(2)13-14-32(23-8-10-24(34)11-9-23)30(45)43(31(38)41-32)17-5-3-4-6-22-7-12-26(33(35,36)37)25(18-22)29(44)42-19-27-28(20-42)40-16-15-39-27/h7-12,15-16,18,21H,3-6,13-14,17,19-20H2,1-2H3,(H2,38,41)/t32-/m1/s1. The number of aliphatic imine (C=N–C) groups is 1. The summed E-state index contributed by atoms with van der Waals surface area (Å²) in [5, 5.41) is 0. The second-order valence-corrected chi connectivity index (χ2v) is 12.0. The van der Waals surface area contributed by atoms with Crippen molar-refractivity contribution in [3.8, 4) is 0 Å². The van der Waals surface area contributed by atoms with Crippen LogP contribution in [0, 0.1) is 11.7 Å². The van der Waals surface area contributed by atoms with Gasteiger partial charge < -0.3 is 10.6 Å². The third-order valence-electron chi connectivity index (χ3n) is 8.38. The van der Waals surface area contributed by atoms with Gasteiger partial charge in [-0.05, 0) is 73.4 Å². The Morgan fingerprint density at radius 2 is 1.67 bits per heavy atom. The summed E-state index contributed by atoms with van der Waals surface area (Å²) >= 11 is 0. The molecule has 2 aliphatic rings. The molecule has 1 atom stereocenters. The van der Waals surface area contributed by atoms with Gasteiger partial charge in [-0.15, -0.1) is 0 Å². The molecule has 3 aromatic rings. The molecule has 8 nitrogen and oxygen atoms in total. The highest BCUT2D eigenvalue weighted by molar-refractivity contribution is 6.07. The van der Waals surface area contributed by atoms with E-state index in [4.69, 9.17) is 5.73 Å². The molecule has 0 saturated heterocycles. The van der Waals surface area contributed by atoms with Crippen LogP contribution in [0.15, 0.2) is 59.9 Å². The highest BCUT2D eigenvalue weighted by Crippen LogP contribution is 2.39. The van der Waals surface area contributed by atoms with Gasteiger partial charge in [0.15, 0.2) is 11.5 Å². The zero-order valence-electron chi connectivity index (χ0n) is 25.3. The van der Waals surface area contributed by atoms with Gasteiger partial charge in [-0.25, -0.2) is 9.38 Å². The molecule has 3 heterocycles. The Hall–Kier alpha value is -4.35. The van der Waals surface area contributed by atoms with Crippen LogP contribution in [0.1, 0.15) is 84.4 Å². The first kappa shape index (κ1) is 32.1. The summed E-state index contributed by atoms with van der Waals surface area (Å²) in [6.45, 7) is 4.64. The fourth-order valence-corrected chi connectivity index (χ4v) is 5.90. The molecule has 2 amide bonds. The van der Waals surface area contributed by atoms with E-state index in [1.807, 2.05) is 0 Å². The Morgan fingerprint density at radius 3 is 2.29 bits per heavy atom. The lowest BCUT2D eigenvalue weighted by Crippen LogP contribution is -2.43. The van der Waals surface area contributed by atoms with E-state index in [9.17, 15) is 27.2 Å². The van der Waals surface area contributed by atoms with Gasteiger partial charge in [0.1, 0.15) is 5.82 Å². The highest BCUT2D eigenvalue weighted by Gasteiger charge is 2.48. The number of rotatable bonds is 11. The van der Waals surface area contributed by atoms with Crippen LogP contribution in [-0.4, -0.2) is 44.1 Å². The lowest BCUT2D eigenvalue weighted by molar-refractivity contribution is -0.138. The lowest BCUT2D eigenvalue weighted by atomic mass is 9.83. The molecule has 238 valence electrons. The maximum atomic E-state index is 13.9. The predicted octanol–water partition coefficient (Wildman–Crippen LogP) is 5.99. The van der Waals surface area contributed by atoms with Gasteiger partial charge in [0.25, 0.3) is 11.8 Å². The summed E-state index contributed by atoms with van der Waals surface area (Å²) < 4.78 is 55.2. The first-order valence-electron chi connectivity index (χ1n) is 15.1. The van der Waals surface area contributed by atoms with E-state index in [2.05, 4.69) is 28.8 Å². The number of amides is 2. The van der Waals surface area contributed by atoms with Gasteiger partial charge >= 0.3 is 6.18 Å². The van der Waals surface area contributed by atoms with Crippen LogP contribution in [0.4, 0.5) is 17.6 Å². The largest absolute Gasteiger partial charge is 0.417 e. The molecule has 2 N–H and O–H groups in total. The van der Waals surface area contributed by atoms with Crippen LogP contribution < -0.4 is 5.73 Å². The molecule has 0 aliphatic carbocycles. The smallest absolute Gasteiger partial charge is 0.369 e. The third kappa shape index (κ3) is 6.84. The molecule has 5 rings (SSSR count). The van der Waals surface area contributed by atoms with Crippen molar-refractivity contribution in [3.63, 3.8) is 0 Å². The SMILES string of the molecule is CC(C)CC[C@]1(c2ccc(F)cc2)N=C(N)N(CCCCCc2ccc(C(F)(F)F)c(C(=O)N3Cc4nccnc4C3)c2)C1=O. The Morgan fingerprint density at radius 1 is 1.00 bits per heavy atom. The van der Waals surface area contributed by atoms with Crippen LogP contribution in [0.3, 0.4) is 0 Å². The van der Waals surface area contributed by atoms with Crippen LogP contribution in [0.5, 0.6) is 0 Å². The molecule has 0 bridgehead atoms. The number of carbonyl (C=O) groups is 2. The van der Waals surface area contributed by atoms with Crippen molar-refractivity contribution in [2.45, 2.75) is 77.2 Å². The summed E-state index contributed by atoms with van der Waals surface area (Å²) in [7, 11) is 0. The summed E-state index contributed by atoms with van der Waals surface area (Å²) in [5.41, 5.74) is 6.04. The first-order valence-corrected chi connectivity index (χ1v) is 15.1. The average Bonchev–Trinajstić information content (AvgIpc) is 3.54. The molecule has 1 aromatic heterocycles. The van der Waals surface area contributed by atoms with Gasteiger partial charge in [0, 0.05) is 18.9 Å². The monoisotopic (exact) mass is 624 g/mol. The van der Waals surface area contributed by atoms with Crippen molar-refractivity contribution in [1.82, 2.24) is 19.8 Å². The van der Waals surface area contributed by atoms with Crippen molar-refractivity contribution < 1.29 is 27.2 Å². The number of halogens is 4. The number of guanidine groups is 1. The minimum Gasteiger partial charge on any atom is -0.369 e. The first-order chi connectivity index (χ1) is 21.4. The van der Waals surface area contributed by atoms with Gasteiger partial charge in [-0.2, -0.15) is 13.2 Å². The minimum absolute atomic E-state index is 0.102. The molecule has 0 saturated carbocycles. The molecule has 0 unspecified atom stereocenters. The molecule has 2 aromatic carbocycles. The molecule has 0 fully saturated rings. The quantitative estimate of drug-likeness (QED) is 0.208. The number of carbonyl (C=O) groups excluding carboxylic acids is 2. The van der Waals surface area contributed by atoms with Gasteiger partial charge in [0.05, 0.1) is 35.6 Å². The van der Waals surface area contributed by atoms with Crippen LogP contribution in [-0.2, 0) is 36.0 Å². The Balaban J connectivity index is 1.21. The zero-order valence-corrected chi connectivity index (χ0v) is 25.3. The zero-order chi connectivity index (χ0) is 32.4. The van der Waals surface area contributed by atoms with Crippen molar-refractivity contribution >= 4 is 17.8 Å². The molecule has 45 heavy (non-hydrogen) atoms. The molecule has 0 spiro atoms. The molecule has 2 aliphatic heterocycles. The van der Waals surface area contributed by atoms with E-state index in [0.717, 1.165) is 12.5 Å². The highest BCUT2D eigenvalue weighted by atomic mass is 19.4. The summed E-state index contributed by atoms with van der Waals surface area (Å²) in [6.07, 6.45) is 1.79. The van der Waals surface area contributed by atoms with E-state index in [1.54, 1.807) is 12.1 Å². The van der Waals surface area contributed by atoms with Crippen molar-refractivity contribution in [2.24, 2.45) is 16.6 Å². The molecular formula is C33H36F4N6O2. The maximum Gasteiger partial charge on any atom is 0.417 e. The number of nitrogens with zero attached hydrogens (tertiary/aromatic N) is 5. The van der Waals surface area contributed by atoms with E-state index in [-0.39, 0.29) is 25.0 Å². The number of benzene rings is 2. The topological polar surface area (TPSA) is 105 Å². The molecule has 12 heteroatoms. The average molecular weight is 625 g/mol. The van der Waals surface area contributed by atoms with Gasteiger partial charge in [0.2, 0.25) is 0 Å². The Kier molecular flexibility index (Phi) is 9.22. The fraction of sp³-hybridized carbons (Fsp3) is 0.424. The minimum atomic E-state index is -4.69. The third-order valence-corrected chi connectivity index (χ3v) is 8.38. The second-order valence-electron chi connectivity index (χ2n) is 12.0. The fourth-order valence-electron chi connectivity index (χ4n) is 5.90. The van der Waals surface area contributed by atoms with Crippen molar-refractivity contribution in [3.05, 3.63) is 94.3 Å². The number of aryl methyl sites for hydroxylation is 1. The van der Waals surface area contributed by atoms with Gasteiger partial charge in [-0.1, -0.05) is 38.5 Å². The summed E-state index contributed by atoms with van der Waals surface area (Å²) in [4.78, 5) is 42.8. The van der Waals surface area contributed by atoms with Crippen LogP contribution in [0.2, 0.25) is 0 Å². The lowest BCUT2D eigenvalue weighted by Gasteiger charge is -2.27. The Bertz CT molecular complexity index is 1570. The van der Waals surface area contributed by atoms with Crippen molar-refractivity contribution in [2.75, 3.05) is 6.54 Å². The normalized spacial score (nSPS) is 18.1. The summed E-state index contributed by atoms with van der Waals surface area (Å²) in [5.74, 6) is -0.922. The number of alkyl halides is 3. The number of nitrogens with two attached hydrogens (primary N) is 1. The van der Waals surface area contributed by atoms with Crippen LogP contribution >= 0.6 is 0 Å².